The molecule has 4 unspecified atom stereocenters. The van der Waals surface area contributed by atoms with Crippen molar-refractivity contribution in [3.8, 4) is 0 Å². The van der Waals surface area contributed by atoms with Gasteiger partial charge in [0.1, 0.15) is 0 Å². The predicted octanol–water partition coefficient (Wildman–Crippen LogP) is 4.43. The van der Waals surface area contributed by atoms with Crippen molar-refractivity contribution in [3.05, 3.63) is 34.9 Å². The van der Waals surface area contributed by atoms with E-state index in [1.807, 2.05) is 0 Å². The Balaban J connectivity index is 0.00000241. The van der Waals surface area contributed by atoms with Crippen molar-refractivity contribution in [2.24, 2.45) is 29.6 Å². The summed E-state index contributed by atoms with van der Waals surface area (Å²) in [4.78, 5) is 2.73. The summed E-state index contributed by atoms with van der Waals surface area (Å²) in [6.07, 6.45) is 22.8. The number of rotatable bonds is 10. The van der Waals surface area contributed by atoms with Crippen molar-refractivity contribution in [2.75, 3.05) is 32.7 Å². The van der Waals surface area contributed by atoms with Crippen LogP contribution in [0.1, 0.15) is 85.0 Å². The molecule has 2 fully saturated rings. The van der Waals surface area contributed by atoms with E-state index in [2.05, 4.69) is 60.6 Å². The summed E-state index contributed by atoms with van der Waals surface area (Å²) in [5.41, 5.74) is 1.79. The first kappa shape index (κ1) is 35.3. The second-order valence-electron chi connectivity index (χ2n) is 12.3. The molecule has 0 amide bonds. The van der Waals surface area contributed by atoms with Crippen LogP contribution in [-0.2, 0) is 0 Å². The number of allylic oxidation sites excluding steroid dienone is 5. The van der Waals surface area contributed by atoms with Crippen molar-refractivity contribution in [2.45, 2.75) is 97.1 Å². The van der Waals surface area contributed by atoms with Gasteiger partial charge in [0, 0.05) is 30.2 Å². The van der Waals surface area contributed by atoms with Gasteiger partial charge in [0.15, 0.2) is 0 Å². The largest absolute Gasteiger partial charge is 0.412 e. The second kappa shape index (κ2) is 17.9. The summed E-state index contributed by atoms with van der Waals surface area (Å²) in [6.45, 7) is 13.0. The Kier molecular flexibility index (Phi) is 16.6. The molecule has 222 valence electrons. The molecule has 1 heterocycles. The molecule has 0 radical (unpaired) electrons. The van der Waals surface area contributed by atoms with Crippen LogP contribution >= 0.6 is 11.6 Å². The fourth-order valence-electron chi connectivity index (χ4n) is 7.16. The number of hydrogen-bond donors (Lipinski definition) is 2. The molecule has 38 heavy (non-hydrogen) atoms. The topological polar surface area (TPSA) is 122 Å². The Morgan fingerprint density at radius 3 is 2.45 bits per heavy atom. The molecule has 0 bridgehead atoms. The second-order valence-corrected chi connectivity index (χ2v) is 12.7. The molecule has 8 N–H and O–H groups in total. The summed E-state index contributed by atoms with van der Waals surface area (Å²) >= 11 is 6.13. The molecule has 4 rings (SSSR count). The first-order valence-electron chi connectivity index (χ1n) is 14.9. The summed E-state index contributed by atoms with van der Waals surface area (Å²) in [5, 5.41) is 8.68. The molecule has 0 spiro atoms. The zero-order valence-electron chi connectivity index (χ0n) is 24.3. The van der Waals surface area contributed by atoms with E-state index in [0.29, 0.717) is 17.9 Å². The van der Waals surface area contributed by atoms with Gasteiger partial charge in [-0.15, -0.1) is 0 Å². The van der Waals surface area contributed by atoms with Crippen LogP contribution in [0.2, 0.25) is 0 Å². The molecule has 1 saturated heterocycles. The molecule has 3 aliphatic carbocycles. The quantitative estimate of drug-likeness (QED) is 0.387. The zero-order valence-corrected chi connectivity index (χ0v) is 25.0. The lowest BCUT2D eigenvalue weighted by molar-refractivity contribution is 0.138. The van der Waals surface area contributed by atoms with E-state index in [9.17, 15) is 0 Å². The molecule has 7 heteroatoms. The highest BCUT2D eigenvalue weighted by Crippen LogP contribution is 2.36. The van der Waals surface area contributed by atoms with E-state index in [4.69, 9.17) is 11.6 Å². The lowest BCUT2D eigenvalue weighted by Crippen LogP contribution is -2.48. The van der Waals surface area contributed by atoms with Gasteiger partial charge in [-0.3, -0.25) is 0 Å². The Morgan fingerprint density at radius 2 is 1.79 bits per heavy atom. The van der Waals surface area contributed by atoms with Gasteiger partial charge in [0.2, 0.25) is 0 Å². The highest BCUT2D eigenvalue weighted by Gasteiger charge is 2.29. The maximum Gasteiger partial charge on any atom is 0.0363 e. The normalized spacial score (nSPS) is 29.4. The van der Waals surface area contributed by atoms with Crippen molar-refractivity contribution in [3.63, 3.8) is 0 Å². The van der Waals surface area contributed by atoms with Crippen LogP contribution in [0, 0.1) is 29.6 Å². The highest BCUT2D eigenvalue weighted by atomic mass is 35.5. The molecule has 5 atom stereocenters. The number of nitrogens with one attached hydrogen (secondary N) is 2. The van der Waals surface area contributed by atoms with Crippen molar-refractivity contribution >= 4 is 11.6 Å². The Labute approximate surface area is 237 Å². The van der Waals surface area contributed by atoms with Crippen LogP contribution in [0.15, 0.2) is 34.9 Å². The maximum atomic E-state index is 6.13. The highest BCUT2D eigenvalue weighted by molar-refractivity contribution is 6.31. The third-order valence-electron chi connectivity index (χ3n) is 9.41. The van der Waals surface area contributed by atoms with E-state index in [-0.39, 0.29) is 16.4 Å². The predicted molar refractivity (Wildman–Crippen MR) is 163 cm³/mol. The van der Waals surface area contributed by atoms with Gasteiger partial charge < -0.3 is 32.0 Å². The minimum absolute atomic E-state index is 0. The van der Waals surface area contributed by atoms with Gasteiger partial charge in [-0.25, -0.2) is 0 Å². The Morgan fingerprint density at radius 1 is 1.03 bits per heavy atom. The van der Waals surface area contributed by atoms with E-state index in [0.717, 1.165) is 48.3 Å². The van der Waals surface area contributed by atoms with E-state index < -0.39 is 0 Å². The van der Waals surface area contributed by atoms with Crippen LogP contribution in [-0.4, -0.2) is 66.1 Å². The Bertz CT molecular complexity index is 747. The van der Waals surface area contributed by atoms with Crippen LogP contribution in [0.5, 0.6) is 0 Å². The first-order chi connectivity index (χ1) is 17.0. The first-order valence-corrected chi connectivity index (χ1v) is 15.3. The lowest BCUT2D eigenvalue weighted by atomic mass is 9.76. The molecular weight excluding hydrogens is 498 g/mol. The smallest absolute Gasteiger partial charge is 0.0363 e. The summed E-state index contributed by atoms with van der Waals surface area (Å²) < 4.78 is 0. The SMILES string of the molecule is CCNC1CCCC(C2=CC(CN[C@@H](CN3CCC(C4C=CC(Cl)=CC4)CC3)C(C)C)CCC2)C1.O.O.O. The number of halogens is 1. The number of likely N-dealkylation sites (tertiary alicyclic amines) is 1. The molecule has 0 aromatic carbocycles. The van der Waals surface area contributed by atoms with E-state index in [1.165, 1.54) is 77.4 Å². The summed E-state index contributed by atoms with van der Waals surface area (Å²) in [7, 11) is 0. The number of hydrogen-bond acceptors (Lipinski definition) is 3. The van der Waals surface area contributed by atoms with Gasteiger partial charge in [0.05, 0.1) is 0 Å². The average Bonchev–Trinajstić information content (AvgIpc) is 2.88. The summed E-state index contributed by atoms with van der Waals surface area (Å²) in [6, 6.07) is 1.34. The Hall–Kier alpha value is -0.730. The molecular formula is C31H58ClN3O3. The molecule has 0 aromatic heterocycles. The van der Waals surface area contributed by atoms with Gasteiger partial charge in [-0.1, -0.05) is 62.6 Å². The molecule has 4 aliphatic rings. The van der Waals surface area contributed by atoms with Gasteiger partial charge in [-0.05, 0) is 113 Å². The maximum absolute atomic E-state index is 6.13. The zero-order chi connectivity index (χ0) is 24.6. The molecule has 0 aromatic rings. The molecule has 1 saturated carbocycles. The third kappa shape index (κ3) is 10.3. The third-order valence-corrected chi connectivity index (χ3v) is 9.69. The van der Waals surface area contributed by atoms with Crippen LogP contribution in [0.4, 0.5) is 0 Å². The standard InChI is InChI=1S/C31H52ClN3.3H2O/c1-4-33-30-10-6-9-28(20-30)27-8-5-7-24(19-27)21-34-31(23(2)3)22-35-17-15-26(16-18-35)25-11-13-29(32)14-12-25;;;/h11,13-14,19,23-26,28,30-31,33-34H,4-10,12,15-18,20-22H2,1-3H3;3*1H2/t24?,25?,28?,30?,31-;;;/m0.../s1. The molecule has 6 nitrogen and oxygen atoms in total. The van der Waals surface area contributed by atoms with Gasteiger partial charge in [-0.2, -0.15) is 0 Å². The fourth-order valence-corrected chi connectivity index (χ4v) is 7.32. The van der Waals surface area contributed by atoms with Crippen molar-refractivity contribution in [1.29, 1.82) is 0 Å². The monoisotopic (exact) mass is 555 g/mol. The van der Waals surface area contributed by atoms with Crippen molar-refractivity contribution in [1.82, 2.24) is 15.5 Å². The van der Waals surface area contributed by atoms with Gasteiger partial charge >= 0.3 is 0 Å². The van der Waals surface area contributed by atoms with Gasteiger partial charge in [0.25, 0.3) is 0 Å². The van der Waals surface area contributed by atoms with E-state index in [1.54, 1.807) is 5.57 Å². The van der Waals surface area contributed by atoms with Crippen LogP contribution in [0.25, 0.3) is 0 Å². The number of nitrogens with zero attached hydrogens (tertiary/aromatic N) is 1. The lowest BCUT2D eigenvalue weighted by Gasteiger charge is -2.38. The van der Waals surface area contributed by atoms with Crippen molar-refractivity contribution < 1.29 is 16.4 Å². The molecule has 1 aliphatic heterocycles. The van der Waals surface area contributed by atoms with Crippen LogP contribution in [0.3, 0.4) is 0 Å². The fraction of sp³-hybridized carbons (Fsp3) is 0.806. The minimum atomic E-state index is 0. The summed E-state index contributed by atoms with van der Waals surface area (Å²) in [5.74, 6) is 3.76. The minimum Gasteiger partial charge on any atom is -0.412 e. The van der Waals surface area contributed by atoms with E-state index >= 15 is 0 Å². The van der Waals surface area contributed by atoms with Crippen LogP contribution < -0.4 is 10.6 Å². The number of piperidine rings is 1. The average molecular weight is 556 g/mol.